The predicted molar refractivity (Wildman–Crippen MR) is 75.3 cm³/mol. The zero-order valence-corrected chi connectivity index (χ0v) is 12.7. The van der Waals surface area contributed by atoms with Crippen LogP contribution in [0.4, 0.5) is 0 Å². The van der Waals surface area contributed by atoms with Crippen molar-refractivity contribution in [1.29, 1.82) is 0 Å². The highest BCUT2D eigenvalue weighted by Gasteiger charge is 2.19. The Kier molecular flexibility index (Phi) is 4.93. The lowest BCUT2D eigenvalue weighted by Gasteiger charge is -2.16. The maximum Gasteiger partial charge on any atom is 0.241 e. The van der Waals surface area contributed by atoms with Gasteiger partial charge in [0.05, 0.1) is 4.90 Å². The summed E-state index contributed by atoms with van der Waals surface area (Å²) in [6.45, 7) is 9.71. The van der Waals surface area contributed by atoms with Gasteiger partial charge in [0.1, 0.15) is 0 Å². The van der Waals surface area contributed by atoms with E-state index in [1.807, 2.05) is 40.7 Å². The van der Waals surface area contributed by atoms with Gasteiger partial charge in [0.15, 0.2) is 0 Å². The average Bonchev–Trinajstić information content (AvgIpc) is 2.22. The molecule has 0 radical (unpaired) electrons. The van der Waals surface area contributed by atoms with Crippen molar-refractivity contribution in [2.75, 3.05) is 0 Å². The quantitative estimate of drug-likeness (QED) is 0.893. The van der Waals surface area contributed by atoms with E-state index in [-0.39, 0.29) is 6.04 Å². The molecule has 0 aromatic heterocycles. The van der Waals surface area contributed by atoms with E-state index >= 15 is 0 Å². The minimum Gasteiger partial charge on any atom is -0.208 e. The van der Waals surface area contributed by atoms with Crippen LogP contribution in [0, 0.1) is 20.8 Å². The summed E-state index contributed by atoms with van der Waals surface area (Å²) in [4.78, 5) is 0.397. The lowest BCUT2D eigenvalue weighted by atomic mass is 10.1. The van der Waals surface area contributed by atoms with Crippen molar-refractivity contribution < 1.29 is 8.42 Å². The molecule has 3 nitrogen and oxygen atoms in total. The maximum atomic E-state index is 12.3. The molecule has 0 aliphatic carbocycles. The van der Waals surface area contributed by atoms with Crippen LogP contribution in [-0.4, -0.2) is 14.5 Å². The van der Waals surface area contributed by atoms with Crippen molar-refractivity contribution in [2.45, 2.75) is 58.4 Å². The van der Waals surface area contributed by atoms with Crippen LogP contribution < -0.4 is 4.72 Å². The van der Waals surface area contributed by atoms with E-state index < -0.39 is 10.0 Å². The van der Waals surface area contributed by atoms with E-state index in [2.05, 4.69) is 4.72 Å². The van der Waals surface area contributed by atoms with E-state index in [1.165, 1.54) is 0 Å². The smallest absolute Gasteiger partial charge is 0.208 e. The Bertz CT molecular complexity index is 521. The summed E-state index contributed by atoms with van der Waals surface area (Å²) >= 11 is 0. The fourth-order valence-electron chi connectivity index (χ4n) is 2.04. The molecule has 0 amide bonds. The number of sulfonamides is 1. The van der Waals surface area contributed by atoms with Crippen LogP contribution in [0.15, 0.2) is 17.0 Å². The molecule has 1 N–H and O–H groups in total. The first-order valence-corrected chi connectivity index (χ1v) is 7.86. The first-order chi connectivity index (χ1) is 8.27. The number of hydrogen-bond acceptors (Lipinski definition) is 2. The zero-order valence-electron chi connectivity index (χ0n) is 11.9. The highest BCUT2D eigenvalue weighted by Crippen LogP contribution is 2.20. The van der Waals surface area contributed by atoms with Crippen molar-refractivity contribution >= 4 is 10.0 Å². The fourth-order valence-corrected chi connectivity index (χ4v) is 3.63. The van der Waals surface area contributed by atoms with Crippen LogP contribution in [0.2, 0.25) is 0 Å². The molecule has 0 spiro atoms. The summed E-state index contributed by atoms with van der Waals surface area (Å²) in [5.74, 6) is 0. The topological polar surface area (TPSA) is 46.2 Å². The number of aryl methyl sites for hydroxylation is 3. The summed E-state index contributed by atoms with van der Waals surface area (Å²) in [5, 5.41) is 0. The summed E-state index contributed by atoms with van der Waals surface area (Å²) in [6, 6.07) is 3.65. The minimum absolute atomic E-state index is 0.0268. The molecular formula is C14H23NO2S. The Labute approximate surface area is 111 Å². The van der Waals surface area contributed by atoms with Crippen molar-refractivity contribution in [3.05, 3.63) is 28.8 Å². The first kappa shape index (κ1) is 15.2. The molecule has 0 aliphatic rings. The van der Waals surface area contributed by atoms with Crippen LogP contribution in [0.5, 0.6) is 0 Å². The van der Waals surface area contributed by atoms with Gasteiger partial charge in [-0.05, 0) is 56.9 Å². The van der Waals surface area contributed by atoms with E-state index in [4.69, 9.17) is 0 Å². The van der Waals surface area contributed by atoms with Crippen LogP contribution in [-0.2, 0) is 10.0 Å². The third kappa shape index (κ3) is 3.56. The highest BCUT2D eigenvalue weighted by atomic mass is 32.2. The van der Waals surface area contributed by atoms with E-state index in [1.54, 1.807) is 6.07 Å². The molecule has 102 valence electrons. The second kappa shape index (κ2) is 5.85. The van der Waals surface area contributed by atoms with Crippen molar-refractivity contribution in [3.63, 3.8) is 0 Å². The molecule has 1 rings (SSSR count). The number of hydrogen-bond donors (Lipinski definition) is 1. The summed E-state index contributed by atoms with van der Waals surface area (Å²) < 4.78 is 27.3. The van der Waals surface area contributed by atoms with Crippen LogP contribution in [0.1, 0.15) is 43.4 Å². The molecule has 1 aromatic rings. The Morgan fingerprint density at radius 2 is 1.67 bits per heavy atom. The lowest BCUT2D eigenvalue weighted by Crippen LogP contribution is -2.32. The first-order valence-electron chi connectivity index (χ1n) is 6.38. The van der Waals surface area contributed by atoms with Crippen molar-refractivity contribution in [1.82, 2.24) is 4.72 Å². The van der Waals surface area contributed by atoms with Crippen LogP contribution in [0.25, 0.3) is 0 Å². The maximum absolute atomic E-state index is 12.3. The largest absolute Gasteiger partial charge is 0.241 e. The molecule has 0 saturated carbocycles. The number of rotatable bonds is 5. The van der Waals surface area contributed by atoms with Gasteiger partial charge in [0.2, 0.25) is 10.0 Å². The summed E-state index contributed by atoms with van der Waals surface area (Å²) in [6.07, 6.45) is 1.82. The molecule has 1 aromatic carbocycles. The third-order valence-electron chi connectivity index (χ3n) is 3.16. The number of benzene rings is 1. The van der Waals surface area contributed by atoms with Gasteiger partial charge in [-0.1, -0.05) is 19.4 Å². The van der Waals surface area contributed by atoms with Crippen LogP contribution >= 0.6 is 0 Å². The monoisotopic (exact) mass is 269 g/mol. The van der Waals surface area contributed by atoms with E-state index in [0.29, 0.717) is 4.90 Å². The second-order valence-corrected chi connectivity index (χ2v) is 6.70. The molecule has 1 atom stereocenters. The molecule has 0 aliphatic heterocycles. The Morgan fingerprint density at radius 3 is 2.22 bits per heavy atom. The van der Waals surface area contributed by atoms with Crippen molar-refractivity contribution in [3.8, 4) is 0 Å². The summed E-state index contributed by atoms with van der Waals surface area (Å²) in [7, 11) is -3.40. The Balaban J connectivity index is 3.09. The standard InChI is InChI=1S/C14H23NO2S/c1-6-7-13(5)15-18(16,17)14-9-11(3)10(2)8-12(14)4/h8-9,13,15H,6-7H2,1-5H3. The molecule has 18 heavy (non-hydrogen) atoms. The van der Waals surface area contributed by atoms with Gasteiger partial charge < -0.3 is 0 Å². The zero-order chi connectivity index (χ0) is 13.9. The van der Waals surface area contributed by atoms with Gasteiger partial charge in [-0.25, -0.2) is 13.1 Å². The second-order valence-electron chi connectivity index (χ2n) is 5.01. The molecule has 0 fully saturated rings. The third-order valence-corrected chi connectivity index (χ3v) is 4.89. The number of nitrogens with one attached hydrogen (secondary N) is 1. The average molecular weight is 269 g/mol. The fraction of sp³-hybridized carbons (Fsp3) is 0.571. The van der Waals surface area contributed by atoms with E-state index in [0.717, 1.165) is 29.5 Å². The Morgan fingerprint density at radius 1 is 1.11 bits per heavy atom. The van der Waals surface area contributed by atoms with Gasteiger partial charge in [0.25, 0.3) is 0 Å². The minimum atomic E-state index is -3.40. The van der Waals surface area contributed by atoms with Crippen molar-refractivity contribution in [2.24, 2.45) is 0 Å². The van der Waals surface area contributed by atoms with Gasteiger partial charge in [-0.3, -0.25) is 0 Å². The Hall–Kier alpha value is -0.870. The molecule has 0 heterocycles. The highest BCUT2D eigenvalue weighted by molar-refractivity contribution is 7.89. The van der Waals surface area contributed by atoms with Gasteiger partial charge in [0, 0.05) is 6.04 Å². The molecule has 0 saturated heterocycles. The molecule has 1 unspecified atom stereocenters. The normalized spacial score (nSPS) is 13.6. The van der Waals surface area contributed by atoms with E-state index in [9.17, 15) is 8.42 Å². The SMILES string of the molecule is CCCC(C)NS(=O)(=O)c1cc(C)c(C)cc1C. The lowest BCUT2D eigenvalue weighted by molar-refractivity contribution is 0.543. The molecule has 4 heteroatoms. The summed E-state index contributed by atoms with van der Waals surface area (Å²) in [5.41, 5.74) is 2.92. The molecular weight excluding hydrogens is 246 g/mol. The predicted octanol–water partition coefficient (Wildman–Crippen LogP) is 3.08. The van der Waals surface area contributed by atoms with Gasteiger partial charge >= 0.3 is 0 Å². The molecule has 0 bridgehead atoms. The van der Waals surface area contributed by atoms with Crippen LogP contribution in [0.3, 0.4) is 0 Å². The van der Waals surface area contributed by atoms with Gasteiger partial charge in [-0.2, -0.15) is 0 Å². The van der Waals surface area contributed by atoms with Gasteiger partial charge in [-0.15, -0.1) is 0 Å².